The fourth-order valence-corrected chi connectivity index (χ4v) is 7.17. The topological polar surface area (TPSA) is 84.2 Å². The number of carboxylic acids is 1. The van der Waals surface area contributed by atoms with Crippen molar-refractivity contribution in [2.75, 3.05) is 0 Å². The molecular weight excluding hydrogens is 458 g/mol. The Morgan fingerprint density at radius 3 is 2.67 bits per heavy atom. The number of halogens is 1. The molecule has 2 N–H and O–H groups in total. The minimum absolute atomic E-state index is 0.0000766. The van der Waals surface area contributed by atoms with Gasteiger partial charge in [0.1, 0.15) is 0 Å². The Balaban J connectivity index is 1.23. The summed E-state index contributed by atoms with van der Waals surface area (Å²) in [7, 11) is 0. The lowest BCUT2D eigenvalue weighted by Crippen LogP contribution is -2.57. The number of carbonyl (C=O) groups excluding carboxylic acids is 1. The van der Waals surface area contributed by atoms with Gasteiger partial charge in [-0.15, -0.1) is 11.3 Å². The van der Waals surface area contributed by atoms with Crippen LogP contribution in [0.2, 0.25) is 5.02 Å². The molecule has 2 heterocycles. The molecule has 0 aliphatic heterocycles. The van der Waals surface area contributed by atoms with Crippen LogP contribution < -0.4 is 5.32 Å². The van der Waals surface area contributed by atoms with Gasteiger partial charge >= 0.3 is 5.97 Å². The molecule has 172 valence electrons. The monoisotopic (exact) mass is 483 g/mol. The molecule has 1 atom stereocenters. The van der Waals surface area contributed by atoms with Crippen molar-refractivity contribution in [2.45, 2.75) is 63.5 Å². The minimum atomic E-state index is -0.700. The van der Waals surface area contributed by atoms with Crippen LogP contribution in [-0.4, -0.2) is 32.8 Å². The standard InChI is InChI=1S/C25H26ClN3O3S/c1-13(20-6-7-21(33-20)14-2-3-14)29-22-17(4-5-19(26)18(22)12-27-29)23(30)28-16-10-25(11-16)8-15(9-25)24(31)32/h4-7,12-16H,2-3,8-11H2,1H3,(H,28,30)(H,31,32)/t13-,15?,16?,25?/m0/s1. The summed E-state index contributed by atoms with van der Waals surface area (Å²) in [4.78, 5) is 27.1. The van der Waals surface area contributed by atoms with Gasteiger partial charge in [-0.1, -0.05) is 11.6 Å². The Morgan fingerprint density at radius 2 is 1.97 bits per heavy atom. The Bertz CT molecular complexity index is 1260. The largest absolute Gasteiger partial charge is 0.481 e. The van der Waals surface area contributed by atoms with Gasteiger partial charge < -0.3 is 10.4 Å². The third-order valence-electron chi connectivity index (χ3n) is 7.76. The number of hydrogen-bond acceptors (Lipinski definition) is 4. The molecule has 0 radical (unpaired) electrons. The fourth-order valence-electron chi connectivity index (χ4n) is 5.75. The molecule has 6 nitrogen and oxygen atoms in total. The van der Waals surface area contributed by atoms with Crippen molar-refractivity contribution in [2.24, 2.45) is 11.3 Å². The SMILES string of the molecule is C[C@@H](c1ccc(C2CC2)s1)n1ncc2c(Cl)ccc(C(=O)NC3CC4(C3)CC(C(=O)O)C4)c21. The summed E-state index contributed by atoms with van der Waals surface area (Å²) in [5.74, 6) is -0.321. The number of benzene rings is 1. The van der Waals surface area contributed by atoms with Crippen molar-refractivity contribution in [3.8, 4) is 0 Å². The molecule has 3 aliphatic rings. The second kappa shape index (κ2) is 7.57. The van der Waals surface area contributed by atoms with Crippen LogP contribution in [0.5, 0.6) is 0 Å². The number of aromatic nitrogens is 2. The van der Waals surface area contributed by atoms with Gasteiger partial charge in [-0.05, 0) is 81.0 Å². The van der Waals surface area contributed by atoms with Crippen molar-refractivity contribution in [3.05, 3.63) is 50.8 Å². The predicted octanol–water partition coefficient (Wildman–Crippen LogP) is 5.61. The summed E-state index contributed by atoms with van der Waals surface area (Å²) >= 11 is 8.30. The summed E-state index contributed by atoms with van der Waals surface area (Å²) in [6.07, 6.45) is 7.47. The highest BCUT2D eigenvalue weighted by atomic mass is 35.5. The van der Waals surface area contributed by atoms with Crippen molar-refractivity contribution in [1.82, 2.24) is 15.1 Å². The third kappa shape index (κ3) is 3.56. The van der Waals surface area contributed by atoms with Gasteiger partial charge in [0, 0.05) is 21.2 Å². The van der Waals surface area contributed by atoms with E-state index in [0.29, 0.717) is 16.5 Å². The van der Waals surface area contributed by atoms with E-state index in [1.807, 2.05) is 16.0 Å². The highest BCUT2D eigenvalue weighted by Crippen LogP contribution is 2.58. The number of nitrogens with one attached hydrogen (secondary N) is 1. The van der Waals surface area contributed by atoms with E-state index in [9.17, 15) is 9.59 Å². The van der Waals surface area contributed by atoms with Gasteiger partial charge in [-0.3, -0.25) is 14.3 Å². The van der Waals surface area contributed by atoms with E-state index in [0.717, 1.165) is 36.6 Å². The summed E-state index contributed by atoms with van der Waals surface area (Å²) in [5.41, 5.74) is 1.46. The van der Waals surface area contributed by atoms with Crippen molar-refractivity contribution in [1.29, 1.82) is 0 Å². The summed E-state index contributed by atoms with van der Waals surface area (Å²) in [5, 5.41) is 18.3. The molecular formula is C25H26ClN3O3S. The molecule has 3 saturated carbocycles. The molecule has 0 bridgehead atoms. The van der Waals surface area contributed by atoms with Gasteiger partial charge in [0.05, 0.1) is 34.3 Å². The van der Waals surface area contributed by atoms with Crippen LogP contribution in [0, 0.1) is 11.3 Å². The number of thiophene rings is 1. The number of carbonyl (C=O) groups is 2. The smallest absolute Gasteiger partial charge is 0.306 e. The maximum atomic E-state index is 13.3. The molecule has 1 amide bonds. The molecule has 0 saturated heterocycles. The first-order valence-electron chi connectivity index (χ1n) is 11.6. The quantitative estimate of drug-likeness (QED) is 0.477. The van der Waals surface area contributed by atoms with Gasteiger partial charge in [0.15, 0.2) is 0 Å². The third-order valence-corrected chi connectivity index (χ3v) is 9.50. The van der Waals surface area contributed by atoms with Crippen LogP contribution in [0.3, 0.4) is 0 Å². The van der Waals surface area contributed by atoms with Crippen molar-refractivity contribution in [3.63, 3.8) is 0 Å². The number of rotatable bonds is 6. The molecule has 33 heavy (non-hydrogen) atoms. The van der Waals surface area contributed by atoms with Crippen LogP contribution >= 0.6 is 22.9 Å². The average Bonchev–Trinajstić information content (AvgIpc) is 3.28. The molecule has 2 aromatic heterocycles. The summed E-state index contributed by atoms with van der Waals surface area (Å²) in [6.45, 7) is 2.11. The van der Waals surface area contributed by atoms with Crippen molar-refractivity contribution >= 4 is 45.7 Å². The number of amides is 1. The van der Waals surface area contributed by atoms with Crippen LogP contribution in [0.4, 0.5) is 0 Å². The molecule has 3 aromatic rings. The Labute approximate surface area is 200 Å². The highest BCUT2D eigenvalue weighted by Gasteiger charge is 2.55. The molecule has 8 heteroatoms. The predicted molar refractivity (Wildman–Crippen MR) is 128 cm³/mol. The lowest BCUT2D eigenvalue weighted by atomic mass is 9.50. The average molecular weight is 484 g/mol. The van der Waals surface area contributed by atoms with E-state index in [2.05, 4.69) is 29.5 Å². The first-order valence-corrected chi connectivity index (χ1v) is 12.8. The molecule has 3 aliphatic carbocycles. The zero-order valence-corrected chi connectivity index (χ0v) is 20.0. The van der Waals surface area contributed by atoms with Gasteiger partial charge in [0.2, 0.25) is 0 Å². The van der Waals surface area contributed by atoms with E-state index in [1.54, 1.807) is 18.3 Å². The molecule has 1 aromatic carbocycles. The van der Waals surface area contributed by atoms with E-state index < -0.39 is 5.97 Å². The lowest BCUT2D eigenvalue weighted by Gasteiger charge is -2.56. The van der Waals surface area contributed by atoms with Crippen LogP contribution in [0.25, 0.3) is 10.9 Å². The van der Waals surface area contributed by atoms with Gasteiger partial charge in [0.25, 0.3) is 5.91 Å². The first-order chi connectivity index (χ1) is 15.8. The Morgan fingerprint density at radius 1 is 1.21 bits per heavy atom. The Hall–Kier alpha value is -2.38. The number of fused-ring (bicyclic) bond motifs is 1. The maximum absolute atomic E-state index is 13.3. The highest BCUT2D eigenvalue weighted by molar-refractivity contribution is 7.12. The second-order valence-electron chi connectivity index (χ2n) is 10.2. The zero-order chi connectivity index (χ0) is 22.9. The van der Waals surface area contributed by atoms with Gasteiger partial charge in [-0.25, -0.2) is 0 Å². The van der Waals surface area contributed by atoms with E-state index >= 15 is 0 Å². The van der Waals surface area contributed by atoms with E-state index in [4.69, 9.17) is 16.7 Å². The molecule has 3 fully saturated rings. The Kier molecular flexibility index (Phi) is 4.86. The fraction of sp³-hybridized carbons (Fsp3) is 0.480. The summed E-state index contributed by atoms with van der Waals surface area (Å²) in [6, 6.07) is 8.04. The summed E-state index contributed by atoms with van der Waals surface area (Å²) < 4.78 is 1.92. The first kappa shape index (κ1) is 21.2. The van der Waals surface area contributed by atoms with Crippen LogP contribution in [0.1, 0.15) is 77.5 Å². The number of hydrogen-bond donors (Lipinski definition) is 2. The second-order valence-corrected chi connectivity index (χ2v) is 11.7. The maximum Gasteiger partial charge on any atom is 0.306 e. The van der Waals surface area contributed by atoms with E-state index in [-0.39, 0.29) is 29.3 Å². The number of carboxylic acid groups (broad SMARTS) is 1. The number of nitrogens with zero attached hydrogens (tertiary/aromatic N) is 2. The lowest BCUT2D eigenvalue weighted by molar-refractivity contribution is -0.155. The number of aliphatic carboxylic acids is 1. The van der Waals surface area contributed by atoms with Gasteiger partial charge in [-0.2, -0.15) is 5.10 Å². The van der Waals surface area contributed by atoms with E-state index in [1.165, 1.54) is 22.6 Å². The molecule has 0 unspecified atom stereocenters. The molecule has 6 rings (SSSR count). The van der Waals surface area contributed by atoms with Crippen LogP contribution in [0.15, 0.2) is 30.5 Å². The zero-order valence-electron chi connectivity index (χ0n) is 18.4. The van der Waals surface area contributed by atoms with Crippen LogP contribution in [-0.2, 0) is 4.79 Å². The minimum Gasteiger partial charge on any atom is -0.481 e. The molecule has 1 spiro atoms. The van der Waals surface area contributed by atoms with Crippen molar-refractivity contribution < 1.29 is 14.7 Å². The normalized spacial score (nSPS) is 27.2.